The average molecular weight is 505 g/mol. The summed E-state index contributed by atoms with van der Waals surface area (Å²) < 4.78 is 30.5. The van der Waals surface area contributed by atoms with Crippen LogP contribution in [0.15, 0.2) is 72.3 Å². The standard InChI is InChI=1S/C28H25FN2O6/c1-3-14-36-21-11-9-20(10-12-21)31-27(33)22(26(32)30-28(31)34)15-18-8-13-24(25(16-18)35-2)37-17-19-6-4-5-7-23(19)29/h4-13,15-16H,3,14,17H2,1-2H3,(H,30,32,34)/b22-15-. The Morgan fingerprint density at radius 1 is 0.946 bits per heavy atom. The Morgan fingerprint density at radius 3 is 2.41 bits per heavy atom. The molecule has 3 aromatic rings. The first-order chi connectivity index (χ1) is 17.9. The number of methoxy groups -OCH3 is 1. The molecular weight excluding hydrogens is 479 g/mol. The number of carbonyl (C=O) groups is 3. The van der Waals surface area contributed by atoms with Crippen LogP contribution in [0.25, 0.3) is 6.08 Å². The van der Waals surface area contributed by atoms with Crippen LogP contribution < -0.4 is 24.4 Å². The zero-order chi connectivity index (χ0) is 26.4. The quantitative estimate of drug-likeness (QED) is 0.330. The second-order valence-electron chi connectivity index (χ2n) is 8.09. The number of barbiturate groups is 1. The van der Waals surface area contributed by atoms with Gasteiger partial charge in [-0.15, -0.1) is 0 Å². The van der Waals surface area contributed by atoms with Crippen molar-refractivity contribution in [2.45, 2.75) is 20.0 Å². The molecule has 1 aliphatic rings. The first-order valence-corrected chi connectivity index (χ1v) is 11.6. The summed E-state index contributed by atoms with van der Waals surface area (Å²) in [5.74, 6) is -0.680. The molecule has 3 aromatic carbocycles. The molecular formula is C28H25FN2O6. The first-order valence-electron chi connectivity index (χ1n) is 11.6. The number of ether oxygens (including phenoxy) is 3. The van der Waals surface area contributed by atoms with Gasteiger partial charge in [0.15, 0.2) is 11.5 Å². The third-order valence-electron chi connectivity index (χ3n) is 5.51. The van der Waals surface area contributed by atoms with Crippen LogP contribution in [0.2, 0.25) is 0 Å². The van der Waals surface area contributed by atoms with Gasteiger partial charge >= 0.3 is 6.03 Å². The van der Waals surface area contributed by atoms with Crippen molar-refractivity contribution in [2.75, 3.05) is 18.6 Å². The topological polar surface area (TPSA) is 94.2 Å². The van der Waals surface area contributed by atoms with Gasteiger partial charge in [0.25, 0.3) is 11.8 Å². The maximum atomic E-state index is 13.9. The Bertz CT molecular complexity index is 1350. The molecule has 1 heterocycles. The average Bonchev–Trinajstić information content (AvgIpc) is 2.90. The van der Waals surface area contributed by atoms with E-state index in [9.17, 15) is 18.8 Å². The molecule has 4 rings (SSSR count). The molecule has 190 valence electrons. The number of anilines is 1. The fourth-order valence-corrected chi connectivity index (χ4v) is 3.63. The lowest BCUT2D eigenvalue weighted by molar-refractivity contribution is -0.122. The molecule has 9 heteroatoms. The van der Waals surface area contributed by atoms with Gasteiger partial charge < -0.3 is 14.2 Å². The van der Waals surface area contributed by atoms with Crippen LogP contribution in [0.4, 0.5) is 14.9 Å². The predicted octanol–water partition coefficient (Wildman–Crippen LogP) is 4.87. The van der Waals surface area contributed by atoms with Gasteiger partial charge in [-0.2, -0.15) is 0 Å². The van der Waals surface area contributed by atoms with E-state index in [1.54, 1.807) is 60.7 Å². The first kappa shape index (κ1) is 25.4. The highest BCUT2D eigenvalue weighted by Crippen LogP contribution is 2.31. The van der Waals surface area contributed by atoms with Crippen molar-refractivity contribution < 1.29 is 33.0 Å². The minimum atomic E-state index is -0.844. The van der Waals surface area contributed by atoms with E-state index in [2.05, 4.69) is 5.32 Å². The van der Waals surface area contributed by atoms with E-state index < -0.39 is 17.8 Å². The monoisotopic (exact) mass is 504 g/mol. The Hall–Kier alpha value is -4.66. The molecule has 0 radical (unpaired) electrons. The number of nitrogens with zero attached hydrogens (tertiary/aromatic N) is 1. The molecule has 0 bridgehead atoms. The number of amides is 4. The van der Waals surface area contributed by atoms with E-state index in [0.717, 1.165) is 11.3 Å². The molecule has 4 amide bonds. The van der Waals surface area contributed by atoms with Crippen molar-refractivity contribution in [2.24, 2.45) is 0 Å². The van der Waals surface area contributed by atoms with Crippen molar-refractivity contribution in [1.82, 2.24) is 5.32 Å². The number of hydrogen-bond acceptors (Lipinski definition) is 6. The summed E-state index contributed by atoms with van der Waals surface area (Å²) in [4.78, 5) is 39.1. The fourth-order valence-electron chi connectivity index (χ4n) is 3.63. The van der Waals surface area contributed by atoms with Crippen molar-refractivity contribution in [3.05, 3.63) is 89.2 Å². The zero-order valence-electron chi connectivity index (χ0n) is 20.3. The van der Waals surface area contributed by atoms with Crippen molar-refractivity contribution >= 4 is 29.6 Å². The maximum Gasteiger partial charge on any atom is 0.335 e. The summed E-state index contributed by atoms with van der Waals surface area (Å²) >= 11 is 0. The molecule has 1 aliphatic heterocycles. The molecule has 0 spiro atoms. The number of carbonyl (C=O) groups excluding carboxylic acids is 3. The smallest absolute Gasteiger partial charge is 0.335 e. The summed E-state index contributed by atoms with van der Waals surface area (Å²) in [6, 6.07) is 16.6. The Kier molecular flexibility index (Phi) is 7.83. The summed E-state index contributed by atoms with van der Waals surface area (Å²) in [6.45, 7) is 2.52. The zero-order valence-corrected chi connectivity index (χ0v) is 20.3. The lowest BCUT2D eigenvalue weighted by Gasteiger charge is -2.26. The minimum Gasteiger partial charge on any atom is -0.494 e. The van der Waals surface area contributed by atoms with E-state index in [4.69, 9.17) is 14.2 Å². The maximum absolute atomic E-state index is 13.9. The Morgan fingerprint density at radius 2 is 1.70 bits per heavy atom. The highest BCUT2D eigenvalue weighted by atomic mass is 19.1. The van der Waals surface area contributed by atoms with Gasteiger partial charge in [0, 0.05) is 5.56 Å². The van der Waals surface area contributed by atoms with Crippen molar-refractivity contribution in [1.29, 1.82) is 0 Å². The summed E-state index contributed by atoms with van der Waals surface area (Å²) in [5, 5.41) is 2.20. The van der Waals surface area contributed by atoms with Crippen LogP contribution in [0.3, 0.4) is 0 Å². The van der Waals surface area contributed by atoms with Crippen LogP contribution in [0.5, 0.6) is 17.2 Å². The number of nitrogens with one attached hydrogen (secondary N) is 1. The van der Waals surface area contributed by atoms with Gasteiger partial charge in [-0.25, -0.2) is 14.1 Å². The normalized spacial score (nSPS) is 14.5. The van der Waals surface area contributed by atoms with Gasteiger partial charge in [0.1, 0.15) is 23.7 Å². The molecule has 0 aromatic heterocycles. The minimum absolute atomic E-state index is 0.0102. The third-order valence-corrected chi connectivity index (χ3v) is 5.51. The second kappa shape index (κ2) is 11.4. The Labute approximate surface area is 213 Å². The molecule has 0 saturated carbocycles. The highest BCUT2D eigenvalue weighted by Gasteiger charge is 2.36. The van der Waals surface area contributed by atoms with Gasteiger partial charge in [-0.1, -0.05) is 31.2 Å². The Balaban J connectivity index is 1.56. The fraction of sp³-hybridized carbons (Fsp3) is 0.179. The van der Waals surface area contributed by atoms with Gasteiger partial charge in [-0.05, 0) is 60.5 Å². The summed E-state index contributed by atoms with van der Waals surface area (Å²) in [7, 11) is 1.44. The SMILES string of the molecule is CCCOc1ccc(N2C(=O)NC(=O)/C(=C/c3ccc(OCc4ccccc4F)c(OC)c3)C2=O)cc1. The molecule has 1 N–H and O–H groups in total. The third kappa shape index (κ3) is 5.78. The van der Waals surface area contributed by atoms with Crippen LogP contribution in [0.1, 0.15) is 24.5 Å². The summed E-state index contributed by atoms with van der Waals surface area (Å²) in [6.07, 6.45) is 2.20. The largest absolute Gasteiger partial charge is 0.494 e. The molecule has 37 heavy (non-hydrogen) atoms. The molecule has 0 unspecified atom stereocenters. The number of benzene rings is 3. The van der Waals surface area contributed by atoms with Gasteiger partial charge in [0.05, 0.1) is 19.4 Å². The molecule has 1 saturated heterocycles. The number of imide groups is 2. The van der Waals surface area contributed by atoms with Crippen molar-refractivity contribution in [3.8, 4) is 17.2 Å². The van der Waals surface area contributed by atoms with Gasteiger partial charge in [-0.3, -0.25) is 14.9 Å². The number of hydrogen-bond donors (Lipinski definition) is 1. The van der Waals surface area contributed by atoms with E-state index >= 15 is 0 Å². The van der Waals surface area contributed by atoms with Crippen molar-refractivity contribution in [3.63, 3.8) is 0 Å². The van der Waals surface area contributed by atoms with Gasteiger partial charge in [0.2, 0.25) is 0 Å². The van der Waals surface area contributed by atoms with E-state index in [-0.39, 0.29) is 18.0 Å². The molecule has 8 nitrogen and oxygen atoms in total. The van der Waals surface area contributed by atoms with Crippen LogP contribution >= 0.6 is 0 Å². The number of halogens is 1. The van der Waals surface area contributed by atoms with Crippen LogP contribution in [0, 0.1) is 5.82 Å². The predicted molar refractivity (Wildman–Crippen MR) is 135 cm³/mol. The van der Waals surface area contributed by atoms with Crippen LogP contribution in [-0.4, -0.2) is 31.6 Å². The van der Waals surface area contributed by atoms with Crippen LogP contribution in [-0.2, 0) is 16.2 Å². The van der Waals surface area contributed by atoms with E-state index in [1.807, 2.05) is 6.92 Å². The summed E-state index contributed by atoms with van der Waals surface area (Å²) in [5.41, 5.74) is 0.911. The number of urea groups is 1. The van der Waals surface area contributed by atoms with E-state index in [0.29, 0.717) is 40.7 Å². The van der Waals surface area contributed by atoms with E-state index in [1.165, 1.54) is 19.3 Å². The molecule has 0 atom stereocenters. The molecule has 1 fully saturated rings. The lowest BCUT2D eigenvalue weighted by Crippen LogP contribution is -2.54. The highest BCUT2D eigenvalue weighted by molar-refractivity contribution is 6.39. The lowest BCUT2D eigenvalue weighted by atomic mass is 10.1. The number of rotatable bonds is 9. The second-order valence-corrected chi connectivity index (χ2v) is 8.09. The molecule has 0 aliphatic carbocycles.